The van der Waals surface area contributed by atoms with E-state index in [1.807, 2.05) is 0 Å². The van der Waals surface area contributed by atoms with Crippen molar-refractivity contribution in [3.05, 3.63) is 0 Å². The molecular formula is C20H18F16O6. The van der Waals surface area contributed by atoms with Crippen LogP contribution in [0.25, 0.3) is 0 Å². The Morgan fingerprint density at radius 3 is 1.55 bits per heavy atom. The topological polar surface area (TPSA) is 78.9 Å². The number of alkyl halides is 16. The average Bonchev–Trinajstić information content (AvgIpc) is 2.80. The number of esters is 3. The molecule has 246 valence electrons. The summed E-state index contributed by atoms with van der Waals surface area (Å²) in [6.45, 7) is 0.856. The number of carbonyl (C=O) groups is 3. The van der Waals surface area contributed by atoms with E-state index in [0.29, 0.717) is 0 Å². The summed E-state index contributed by atoms with van der Waals surface area (Å²) in [5.41, 5.74) is -2.17. The summed E-state index contributed by atoms with van der Waals surface area (Å²) in [5.74, 6) is -41.0. The van der Waals surface area contributed by atoms with Gasteiger partial charge in [-0.2, -0.15) is 70.2 Å². The van der Waals surface area contributed by atoms with Crippen LogP contribution in [-0.4, -0.2) is 78.7 Å². The summed E-state index contributed by atoms with van der Waals surface area (Å²) in [7, 11) is 0. The van der Waals surface area contributed by atoms with Gasteiger partial charge in [-0.3, -0.25) is 14.4 Å². The van der Waals surface area contributed by atoms with Gasteiger partial charge < -0.3 is 14.2 Å². The summed E-state index contributed by atoms with van der Waals surface area (Å²) in [6.07, 6.45) is -26.1. The van der Waals surface area contributed by atoms with Crippen molar-refractivity contribution in [2.75, 3.05) is 6.61 Å². The zero-order chi connectivity index (χ0) is 33.5. The molecule has 1 rings (SSSR count). The van der Waals surface area contributed by atoms with Crippen LogP contribution in [0.2, 0.25) is 0 Å². The molecule has 0 heterocycles. The van der Waals surface area contributed by atoms with Gasteiger partial charge in [0.15, 0.2) is 0 Å². The van der Waals surface area contributed by atoms with Crippen LogP contribution in [0.3, 0.4) is 0 Å². The van der Waals surface area contributed by atoms with Gasteiger partial charge in [-0.1, -0.05) is 6.92 Å². The van der Waals surface area contributed by atoms with E-state index in [-0.39, 0.29) is 0 Å². The molecule has 0 aliphatic heterocycles. The Kier molecular flexibility index (Phi) is 10.1. The van der Waals surface area contributed by atoms with Crippen LogP contribution in [0.5, 0.6) is 0 Å². The minimum atomic E-state index is -7.29. The molecule has 0 aromatic heterocycles. The molecule has 0 saturated heterocycles. The van der Waals surface area contributed by atoms with E-state index in [1.54, 1.807) is 0 Å². The van der Waals surface area contributed by atoms with Gasteiger partial charge in [0.05, 0.1) is 18.4 Å². The van der Waals surface area contributed by atoms with Gasteiger partial charge in [0.25, 0.3) is 6.10 Å². The Hall–Kier alpha value is -2.71. The van der Waals surface area contributed by atoms with Crippen molar-refractivity contribution in [3.63, 3.8) is 0 Å². The fourth-order valence-electron chi connectivity index (χ4n) is 3.22. The van der Waals surface area contributed by atoms with Crippen molar-refractivity contribution in [1.82, 2.24) is 0 Å². The fourth-order valence-corrected chi connectivity index (χ4v) is 3.22. The van der Waals surface area contributed by atoms with Gasteiger partial charge in [-0.15, -0.1) is 0 Å². The van der Waals surface area contributed by atoms with E-state index in [2.05, 4.69) is 14.2 Å². The number of hydrogen-bond donors (Lipinski definition) is 0. The lowest BCUT2D eigenvalue weighted by molar-refractivity contribution is -0.468. The number of hydrogen-bond acceptors (Lipinski definition) is 6. The largest absolute Gasteiger partial charge is 0.465 e. The molecule has 1 saturated carbocycles. The molecule has 1 aliphatic carbocycles. The molecule has 0 amide bonds. The van der Waals surface area contributed by atoms with Crippen LogP contribution in [0.1, 0.15) is 39.5 Å². The Bertz CT molecular complexity index is 977. The van der Waals surface area contributed by atoms with Gasteiger partial charge in [-0.05, 0) is 19.8 Å². The molecule has 22 heteroatoms. The molecular weight excluding hydrogens is 640 g/mol. The maximum Gasteiger partial charge on any atom is 0.434 e. The molecule has 6 nitrogen and oxygen atoms in total. The number of ether oxygens (including phenoxy) is 3. The van der Waals surface area contributed by atoms with Crippen LogP contribution in [-0.2, 0) is 28.6 Å². The van der Waals surface area contributed by atoms with Crippen molar-refractivity contribution >= 4 is 17.9 Å². The lowest BCUT2D eigenvalue weighted by atomic mass is 9.80. The lowest BCUT2D eigenvalue weighted by Gasteiger charge is -2.48. The third-order valence-electron chi connectivity index (χ3n) is 5.94. The van der Waals surface area contributed by atoms with E-state index in [4.69, 9.17) is 0 Å². The third-order valence-corrected chi connectivity index (χ3v) is 5.94. The molecule has 0 aromatic carbocycles. The van der Waals surface area contributed by atoms with E-state index in [0.717, 1.165) is 13.8 Å². The average molecular weight is 658 g/mol. The molecule has 42 heavy (non-hydrogen) atoms. The van der Waals surface area contributed by atoms with Gasteiger partial charge in [0, 0.05) is 6.42 Å². The predicted octanol–water partition coefficient (Wildman–Crippen LogP) is 6.25. The minimum absolute atomic E-state index is 0.495. The van der Waals surface area contributed by atoms with Crippen LogP contribution < -0.4 is 0 Å². The van der Waals surface area contributed by atoms with E-state index >= 15 is 0 Å². The number of rotatable bonds is 10. The highest BCUT2D eigenvalue weighted by molar-refractivity contribution is 5.83. The lowest BCUT2D eigenvalue weighted by Crippen LogP contribution is -2.80. The third kappa shape index (κ3) is 6.60. The van der Waals surface area contributed by atoms with E-state index in [1.165, 1.54) is 0 Å². The van der Waals surface area contributed by atoms with Crippen molar-refractivity contribution in [1.29, 1.82) is 0 Å². The Morgan fingerprint density at radius 1 is 0.738 bits per heavy atom. The highest BCUT2D eigenvalue weighted by Crippen LogP contribution is 2.65. The van der Waals surface area contributed by atoms with Crippen molar-refractivity contribution in [2.45, 2.75) is 93.7 Å². The van der Waals surface area contributed by atoms with Crippen molar-refractivity contribution in [2.24, 2.45) is 5.41 Å². The molecule has 0 N–H and O–H groups in total. The first-order chi connectivity index (χ1) is 18.4. The zero-order valence-electron chi connectivity index (χ0n) is 20.7. The molecule has 0 radical (unpaired) electrons. The SMILES string of the molecule is CCC(C)(CC(=O)OC(C(F)(F)F)C(F)(F)F)C(=O)OCCCC(=O)OC1C(F)(F)C(F)(F)C(F)(F)C(F)(F)C1(F)F. The molecule has 1 aliphatic rings. The van der Waals surface area contributed by atoms with E-state index in [9.17, 15) is 84.6 Å². The van der Waals surface area contributed by atoms with Gasteiger partial charge in [0.2, 0.25) is 6.10 Å². The van der Waals surface area contributed by atoms with Gasteiger partial charge >= 0.3 is 59.9 Å². The molecule has 0 aromatic rings. The van der Waals surface area contributed by atoms with Gasteiger partial charge in [0.1, 0.15) is 0 Å². The second-order valence-corrected chi connectivity index (χ2v) is 9.12. The Morgan fingerprint density at radius 2 is 1.17 bits per heavy atom. The Balaban J connectivity index is 2.85. The molecule has 0 bridgehead atoms. The smallest absolute Gasteiger partial charge is 0.434 e. The summed E-state index contributed by atoms with van der Waals surface area (Å²) in [4.78, 5) is 35.6. The molecule has 0 spiro atoms. The van der Waals surface area contributed by atoms with Crippen LogP contribution in [0.15, 0.2) is 0 Å². The normalized spacial score (nSPS) is 22.6. The molecule has 1 atom stereocenters. The van der Waals surface area contributed by atoms with Crippen LogP contribution in [0.4, 0.5) is 70.2 Å². The first-order valence-corrected chi connectivity index (χ1v) is 11.0. The van der Waals surface area contributed by atoms with Gasteiger partial charge in [-0.25, -0.2) is 0 Å². The number of carbonyl (C=O) groups excluding carboxylic acids is 3. The predicted molar refractivity (Wildman–Crippen MR) is 99.8 cm³/mol. The first-order valence-electron chi connectivity index (χ1n) is 11.0. The fraction of sp³-hybridized carbons (Fsp3) is 0.850. The number of halogens is 16. The highest BCUT2D eigenvalue weighted by atomic mass is 19.4. The summed E-state index contributed by atoms with van der Waals surface area (Å²) >= 11 is 0. The van der Waals surface area contributed by atoms with Crippen LogP contribution >= 0.6 is 0 Å². The van der Waals surface area contributed by atoms with Crippen LogP contribution in [0, 0.1) is 5.41 Å². The maximum absolute atomic E-state index is 13.8. The second-order valence-electron chi connectivity index (χ2n) is 9.12. The quantitative estimate of drug-likeness (QED) is 0.120. The van der Waals surface area contributed by atoms with Crippen molar-refractivity contribution in [3.8, 4) is 0 Å². The standard InChI is InChI=1S/C20H18F16O6/c1-3-13(2,7-9(38)42-11(16(25,26)27)17(28,29)30)12(39)40-6-4-5-8(37)41-10-14(21,22)18(31,32)20(35,36)19(33,34)15(10,23)24/h10-11H,3-7H2,1-2H3. The highest BCUT2D eigenvalue weighted by Gasteiger charge is 2.96. The van der Waals surface area contributed by atoms with Crippen molar-refractivity contribution < 1.29 is 98.8 Å². The summed E-state index contributed by atoms with van der Waals surface area (Å²) in [5, 5.41) is 0. The first kappa shape index (κ1) is 37.3. The maximum atomic E-state index is 13.8. The van der Waals surface area contributed by atoms with E-state index < -0.39 is 110 Å². The minimum Gasteiger partial charge on any atom is -0.465 e. The summed E-state index contributed by atoms with van der Waals surface area (Å²) < 4.78 is 222. The molecule has 1 unspecified atom stereocenters. The second kappa shape index (κ2) is 11.4. The zero-order valence-corrected chi connectivity index (χ0v) is 20.7. The molecule has 1 fully saturated rings. The monoisotopic (exact) mass is 658 g/mol. The summed E-state index contributed by atoms with van der Waals surface area (Å²) in [6, 6.07) is 0. The Labute approximate surface area is 223 Å².